The Morgan fingerprint density at radius 1 is 1.45 bits per heavy atom. The minimum atomic E-state index is -1.02. The summed E-state index contributed by atoms with van der Waals surface area (Å²) in [5.74, 6) is 1.43. The Morgan fingerprint density at radius 2 is 2.24 bits per heavy atom. The van der Waals surface area contributed by atoms with Gasteiger partial charge in [0.25, 0.3) is 0 Å². The highest BCUT2D eigenvalue weighted by Gasteiger charge is 2.27. The van der Waals surface area contributed by atoms with Gasteiger partial charge >= 0.3 is 6.09 Å². The van der Waals surface area contributed by atoms with E-state index in [1.54, 1.807) is 19.2 Å². The van der Waals surface area contributed by atoms with Crippen molar-refractivity contribution in [1.82, 2.24) is 4.72 Å². The standard InChI is InChI=1S/C20H22ClN3O4S/c1-11-10-27-15-5-3-4-12(18(11)15)8-14(19(22)28-20(23)25)24-29-17-7-6-13(21)9-16(17)26-2/h3-7,9,11,14,22,24H,8,10H2,1-2H3,(H2,23,25)/t11?,14-/m0/s1. The summed E-state index contributed by atoms with van der Waals surface area (Å²) in [4.78, 5) is 12.0. The molecule has 3 rings (SSSR count). The lowest BCUT2D eigenvalue weighted by molar-refractivity contribution is 0.205. The quantitative estimate of drug-likeness (QED) is 0.343. The SMILES string of the molecule is COc1cc(Cl)ccc1SN[C@@H](Cc1cccc2c1C(C)CO2)C(=N)OC(N)=O. The predicted octanol–water partition coefficient (Wildman–Crippen LogP) is 4.13. The van der Waals surface area contributed by atoms with Gasteiger partial charge in [-0.15, -0.1) is 0 Å². The van der Waals surface area contributed by atoms with Gasteiger partial charge in [-0.25, -0.2) is 9.52 Å². The molecule has 0 saturated carbocycles. The molecule has 0 aromatic heterocycles. The van der Waals surface area contributed by atoms with E-state index in [-0.39, 0.29) is 11.8 Å². The molecule has 9 heteroatoms. The van der Waals surface area contributed by atoms with Crippen LogP contribution in [0.3, 0.4) is 0 Å². The minimum Gasteiger partial charge on any atom is -0.495 e. The van der Waals surface area contributed by atoms with Gasteiger partial charge in [0, 0.05) is 16.5 Å². The van der Waals surface area contributed by atoms with E-state index in [4.69, 9.17) is 37.0 Å². The second-order valence-corrected chi connectivity index (χ2v) is 7.91. The number of carbonyl (C=O) groups is 1. The van der Waals surface area contributed by atoms with E-state index in [0.717, 1.165) is 21.8 Å². The molecule has 1 unspecified atom stereocenters. The van der Waals surface area contributed by atoms with E-state index < -0.39 is 12.1 Å². The molecule has 0 radical (unpaired) electrons. The lowest BCUT2D eigenvalue weighted by Gasteiger charge is -2.20. The van der Waals surface area contributed by atoms with E-state index >= 15 is 0 Å². The maximum atomic E-state index is 11.2. The Hall–Kier alpha value is -2.42. The van der Waals surface area contributed by atoms with Gasteiger partial charge in [-0.05, 0) is 48.2 Å². The minimum absolute atomic E-state index is 0.247. The van der Waals surface area contributed by atoms with Crippen molar-refractivity contribution in [3.63, 3.8) is 0 Å². The molecule has 0 spiro atoms. The molecule has 0 fully saturated rings. The zero-order valence-electron chi connectivity index (χ0n) is 16.0. The smallest absolute Gasteiger partial charge is 0.411 e. The Bertz CT molecular complexity index is 925. The molecule has 29 heavy (non-hydrogen) atoms. The van der Waals surface area contributed by atoms with Crippen molar-refractivity contribution in [2.24, 2.45) is 5.73 Å². The molecular formula is C20H22ClN3O4S. The van der Waals surface area contributed by atoms with Crippen LogP contribution in [0.4, 0.5) is 4.79 Å². The third kappa shape index (κ3) is 5.14. The highest BCUT2D eigenvalue weighted by atomic mass is 35.5. The summed E-state index contributed by atoms with van der Waals surface area (Å²) >= 11 is 7.27. The third-order valence-electron chi connectivity index (χ3n) is 4.53. The number of rotatable bonds is 7. The summed E-state index contributed by atoms with van der Waals surface area (Å²) in [7, 11) is 1.56. The van der Waals surface area contributed by atoms with Crippen LogP contribution in [0.5, 0.6) is 11.5 Å². The number of benzene rings is 2. The van der Waals surface area contributed by atoms with Gasteiger partial charge in [-0.3, -0.25) is 5.41 Å². The number of carbonyl (C=O) groups excluding carboxylic acids is 1. The van der Waals surface area contributed by atoms with Crippen molar-refractivity contribution in [1.29, 1.82) is 5.41 Å². The van der Waals surface area contributed by atoms with Crippen LogP contribution in [0.15, 0.2) is 41.3 Å². The van der Waals surface area contributed by atoms with E-state index in [0.29, 0.717) is 23.8 Å². The van der Waals surface area contributed by atoms with E-state index in [9.17, 15) is 4.79 Å². The summed E-state index contributed by atoms with van der Waals surface area (Å²) in [6.07, 6.45) is -0.600. The fourth-order valence-electron chi connectivity index (χ4n) is 3.20. The number of methoxy groups -OCH3 is 1. The molecule has 4 N–H and O–H groups in total. The van der Waals surface area contributed by atoms with Crippen molar-refractivity contribution in [2.75, 3.05) is 13.7 Å². The molecule has 0 aliphatic carbocycles. The first-order valence-electron chi connectivity index (χ1n) is 8.95. The summed E-state index contributed by atoms with van der Waals surface area (Å²) < 4.78 is 19.1. The van der Waals surface area contributed by atoms with Crippen LogP contribution in [-0.2, 0) is 11.2 Å². The number of fused-ring (bicyclic) bond motifs is 1. The first-order chi connectivity index (χ1) is 13.9. The van der Waals surface area contributed by atoms with Crippen LogP contribution in [0.2, 0.25) is 5.02 Å². The second kappa shape index (κ2) is 9.39. The monoisotopic (exact) mass is 435 g/mol. The lowest BCUT2D eigenvalue weighted by atomic mass is 9.93. The number of halogens is 1. The predicted molar refractivity (Wildman–Crippen MR) is 113 cm³/mol. The molecular weight excluding hydrogens is 414 g/mol. The molecule has 154 valence electrons. The van der Waals surface area contributed by atoms with Crippen molar-refractivity contribution < 1.29 is 19.0 Å². The van der Waals surface area contributed by atoms with Crippen molar-refractivity contribution in [3.8, 4) is 11.5 Å². The largest absolute Gasteiger partial charge is 0.495 e. The van der Waals surface area contributed by atoms with Gasteiger partial charge in [0.2, 0.25) is 5.90 Å². The summed E-state index contributed by atoms with van der Waals surface area (Å²) in [5.41, 5.74) is 7.25. The van der Waals surface area contributed by atoms with E-state index in [2.05, 4.69) is 11.6 Å². The molecule has 1 aliphatic rings. The molecule has 1 amide bonds. The third-order valence-corrected chi connectivity index (χ3v) is 5.72. The topological polar surface area (TPSA) is 107 Å². The highest BCUT2D eigenvalue weighted by molar-refractivity contribution is 7.97. The van der Waals surface area contributed by atoms with Crippen molar-refractivity contribution in [2.45, 2.75) is 30.2 Å². The molecule has 2 aromatic rings. The number of hydrogen-bond acceptors (Lipinski definition) is 7. The van der Waals surface area contributed by atoms with Crippen LogP contribution < -0.4 is 19.9 Å². The first kappa shape index (κ1) is 21.3. The number of ether oxygens (including phenoxy) is 3. The fourth-order valence-corrected chi connectivity index (χ4v) is 4.20. The van der Waals surface area contributed by atoms with Gasteiger partial charge < -0.3 is 19.9 Å². The second-order valence-electron chi connectivity index (χ2n) is 6.60. The summed E-state index contributed by atoms with van der Waals surface area (Å²) in [5, 5.41) is 8.75. The van der Waals surface area contributed by atoms with Crippen LogP contribution >= 0.6 is 23.5 Å². The van der Waals surface area contributed by atoms with Gasteiger partial charge in [-0.2, -0.15) is 0 Å². The van der Waals surface area contributed by atoms with Crippen LogP contribution in [0.25, 0.3) is 0 Å². The van der Waals surface area contributed by atoms with Crippen molar-refractivity contribution >= 4 is 35.5 Å². The maximum absolute atomic E-state index is 11.2. The van der Waals surface area contributed by atoms with E-state index in [1.807, 2.05) is 24.3 Å². The van der Waals surface area contributed by atoms with Crippen LogP contribution in [0, 0.1) is 5.41 Å². The van der Waals surface area contributed by atoms with Gasteiger partial charge in [0.1, 0.15) is 11.5 Å². The molecule has 0 saturated heterocycles. The Balaban J connectivity index is 1.82. The van der Waals surface area contributed by atoms with Gasteiger partial charge in [0.15, 0.2) is 0 Å². The average Bonchev–Trinajstić information content (AvgIpc) is 3.07. The number of nitrogens with one attached hydrogen (secondary N) is 2. The summed E-state index contributed by atoms with van der Waals surface area (Å²) in [6, 6.07) is 10.5. The number of hydrogen-bond donors (Lipinski definition) is 3. The maximum Gasteiger partial charge on any atom is 0.411 e. The van der Waals surface area contributed by atoms with Crippen molar-refractivity contribution in [3.05, 3.63) is 52.5 Å². The van der Waals surface area contributed by atoms with Crippen LogP contribution in [-0.4, -0.2) is 31.7 Å². The zero-order chi connectivity index (χ0) is 21.0. The normalized spacial score (nSPS) is 15.9. The molecule has 7 nitrogen and oxygen atoms in total. The van der Waals surface area contributed by atoms with E-state index in [1.165, 1.54) is 11.9 Å². The number of amides is 1. The Kier molecular flexibility index (Phi) is 6.89. The Labute approximate surface area is 178 Å². The molecule has 2 atom stereocenters. The number of nitrogens with two attached hydrogens (primary N) is 1. The van der Waals surface area contributed by atoms with Gasteiger partial charge in [-0.1, -0.05) is 30.7 Å². The fraction of sp³-hybridized carbons (Fsp3) is 0.300. The highest BCUT2D eigenvalue weighted by Crippen LogP contribution is 2.37. The molecule has 0 bridgehead atoms. The molecule has 2 aromatic carbocycles. The summed E-state index contributed by atoms with van der Waals surface area (Å²) in [6.45, 7) is 2.72. The van der Waals surface area contributed by atoms with Crippen LogP contribution in [0.1, 0.15) is 24.0 Å². The molecule has 1 aliphatic heterocycles. The average molecular weight is 436 g/mol. The zero-order valence-corrected chi connectivity index (χ0v) is 17.6. The molecule has 1 heterocycles. The van der Waals surface area contributed by atoms with Gasteiger partial charge in [0.05, 0.1) is 24.7 Å². The lowest BCUT2D eigenvalue weighted by Crippen LogP contribution is -2.38. The Morgan fingerprint density at radius 3 is 2.97 bits per heavy atom. The number of primary amides is 1. The first-order valence-corrected chi connectivity index (χ1v) is 10.1.